The zero-order chi connectivity index (χ0) is 10.9. The van der Waals surface area contributed by atoms with Crippen LogP contribution in [-0.4, -0.2) is 52.2 Å². The van der Waals surface area contributed by atoms with E-state index in [9.17, 15) is 0 Å². The molecule has 1 aliphatic heterocycles. The Bertz CT molecular complexity index is 149. The van der Waals surface area contributed by atoms with Crippen molar-refractivity contribution in [1.82, 2.24) is 5.32 Å². The van der Waals surface area contributed by atoms with Gasteiger partial charge < -0.3 is 19.5 Å². The van der Waals surface area contributed by atoms with Gasteiger partial charge in [-0.15, -0.1) is 0 Å². The van der Waals surface area contributed by atoms with E-state index in [1.807, 2.05) is 0 Å². The zero-order valence-electron chi connectivity index (χ0n) is 9.83. The van der Waals surface area contributed by atoms with Gasteiger partial charge in [0.1, 0.15) is 0 Å². The van der Waals surface area contributed by atoms with Crippen LogP contribution in [0.25, 0.3) is 0 Å². The second kappa shape index (κ2) is 8.05. The first-order valence-electron chi connectivity index (χ1n) is 5.75. The molecule has 0 radical (unpaired) electrons. The van der Waals surface area contributed by atoms with E-state index < -0.39 is 0 Å². The summed E-state index contributed by atoms with van der Waals surface area (Å²) < 4.78 is 16.1. The van der Waals surface area contributed by atoms with Gasteiger partial charge >= 0.3 is 0 Å². The summed E-state index contributed by atoms with van der Waals surface area (Å²) in [5, 5.41) is 3.29. The molecule has 0 spiro atoms. The van der Waals surface area contributed by atoms with Gasteiger partial charge in [0.05, 0.1) is 18.8 Å². The Balaban J connectivity index is 1.98. The molecule has 1 atom stereocenters. The van der Waals surface area contributed by atoms with E-state index in [2.05, 4.69) is 12.2 Å². The molecule has 90 valence electrons. The molecule has 0 bridgehead atoms. The number of hydrogen-bond donors (Lipinski definition) is 1. The minimum absolute atomic E-state index is 0.268. The molecule has 15 heavy (non-hydrogen) atoms. The third-order valence-corrected chi connectivity index (χ3v) is 2.51. The molecule has 1 N–H and O–H groups in total. The van der Waals surface area contributed by atoms with E-state index in [0.29, 0.717) is 6.10 Å². The van der Waals surface area contributed by atoms with Crippen LogP contribution < -0.4 is 5.32 Å². The molecule has 0 aromatic heterocycles. The van der Waals surface area contributed by atoms with Crippen molar-refractivity contribution < 1.29 is 14.2 Å². The average molecular weight is 217 g/mol. The third kappa shape index (κ3) is 6.10. The molecule has 4 heteroatoms. The topological polar surface area (TPSA) is 39.7 Å². The molecule has 0 aromatic carbocycles. The van der Waals surface area contributed by atoms with Crippen molar-refractivity contribution >= 4 is 0 Å². The van der Waals surface area contributed by atoms with E-state index in [-0.39, 0.29) is 6.10 Å². The zero-order valence-corrected chi connectivity index (χ0v) is 9.83. The van der Waals surface area contributed by atoms with E-state index in [1.165, 1.54) is 0 Å². The lowest BCUT2D eigenvalue weighted by Crippen LogP contribution is -2.34. The Hall–Kier alpha value is -0.160. The summed E-state index contributed by atoms with van der Waals surface area (Å²) in [6.45, 7) is 6.32. The first-order valence-corrected chi connectivity index (χ1v) is 5.75. The van der Waals surface area contributed by atoms with Crippen LogP contribution in [0.5, 0.6) is 0 Å². The first-order chi connectivity index (χ1) is 7.33. The molecular weight excluding hydrogens is 194 g/mol. The average Bonchev–Trinajstić information content (AvgIpc) is 2.26. The Kier molecular flexibility index (Phi) is 6.92. The molecule has 0 saturated carbocycles. The van der Waals surface area contributed by atoms with E-state index in [4.69, 9.17) is 14.2 Å². The van der Waals surface area contributed by atoms with Gasteiger partial charge in [-0.3, -0.25) is 0 Å². The molecule has 1 rings (SSSR count). The van der Waals surface area contributed by atoms with Crippen LogP contribution in [0.2, 0.25) is 0 Å². The van der Waals surface area contributed by atoms with Crippen molar-refractivity contribution in [2.45, 2.75) is 32.0 Å². The van der Waals surface area contributed by atoms with Crippen LogP contribution in [0.4, 0.5) is 0 Å². The van der Waals surface area contributed by atoms with Gasteiger partial charge in [-0.1, -0.05) is 0 Å². The summed E-state index contributed by atoms with van der Waals surface area (Å²) in [5.74, 6) is 0. The molecule has 0 amide bonds. The molecule has 1 heterocycles. The number of methoxy groups -OCH3 is 1. The minimum Gasteiger partial charge on any atom is -0.383 e. The van der Waals surface area contributed by atoms with Crippen molar-refractivity contribution in [2.24, 2.45) is 0 Å². The number of ether oxygens (including phenoxy) is 3. The van der Waals surface area contributed by atoms with Gasteiger partial charge in [-0.05, 0) is 19.8 Å². The fraction of sp³-hybridized carbons (Fsp3) is 1.00. The van der Waals surface area contributed by atoms with Crippen molar-refractivity contribution in [2.75, 3.05) is 40.0 Å². The fourth-order valence-electron chi connectivity index (χ4n) is 1.67. The lowest BCUT2D eigenvalue weighted by atomic mass is 10.1. The maximum Gasteiger partial charge on any atom is 0.0675 e. The van der Waals surface area contributed by atoms with Crippen molar-refractivity contribution in [3.8, 4) is 0 Å². The van der Waals surface area contributed by atoms with Crippen LogP contribution >= 0.6 is 0 Å². The molecule has 1 aliphatic rings. The summed E-state index contributed by atoms with van der Waals surface area (Å²) in [4.78, 5) is 0. The standard InChI is InChI=1S/C11H23NO3/c1-10(9-12-5-8-13-2)15-11-3-6-14-7-4-11/h10-12H,3-9H2,1-2H3. The third-order valence-electron chi connectivity index (χ3n) is 2.51. The summed E-state index contributed by atoms with van der Waals surface area (Å²) >= 11 is 0. The van der Waals surface area contributed by atoms with Crippen LogP contribution in [0.15, 0.2) is 0 Å². The second-order valence-corrected chi connectivity index (χ2v) is 3.96. The first kappa shape index (κ1) is 12.9. The summed E-state index contributed by atoms with van der Waals surface area (Å²) in [6, 6.07) is 0. The fourth-order valence-corrected chi connectivity index (χ4v) is 1.67. The molecule has 1 unspecified atom stereocenters. The van der Waals surface area contributed by atoms with Gasteiger partial charge in [0.2, 0.25) is 0 Å². The smallest absolute Gasteiger partial charge is 0.0675 e. The predicted octanol–water partition coefficient (Wildman–Crippen LogP) is 0.806. The van der Waals surface area contributed by atoms with Crippen molar-refractivity contribution in [3.05, 3.63) is 0 Å². The molecule has 1 fully saturated rings. The predicted molar refractivity (Wildman–Crippen MR) is 59.1 cm³/mol. The highest BCUT2D eigenvalue weighted by Crippen LogP contribution is 2.12. The van der Waals surface area contributed by atoms with Crippen molar-refractivity contribution in [1.29, 1.82) is 0 Å². The maximum absolute atomic E-state index is 5.89. The normalized spacial score (nSPS) is 20.4. The summed E-state index contributed by atoms with van der Waals surface area (Å²) in [5.41, 5.74) is 0. The molecule has 1 saturated heterocycles. The van der Waals surface area contributed by atoms with Crippen LogP contribution in [0.3, 0.4) is 0 Å². The van der Waals surface area contributed by atoms with Gasteiger partial charge in [0.15, 0.2) is 0 Å². The lowest BCUT2D eigenvalue weighted by Gasteiger charge is -2.26. The summed E-state index contributed by atoms with van der Waals surface area (Å²) in [6.07, 6.45) is 2.72. The van der Waals surface area contributed by atoms with E-state index in [1.54, 1.807) is 7.11 Å². The largest absolute Gasteiger partial charge is 0.383 e. The number of nitrogens with one attached hydrogen (secondary N) is 1. The highest BCUT2D eigenvalue weighted by atomic mass is 16.5. The van der Waals surface area contributed by atoms with Crippen molar-refractivity contribution in [3.63, 3.8) is 0 Å². The number of rotatable bonds is 7. The molecule has 4 nitrogen and oxygen atoms in total. The van der Waals surface area contributed by atoms with Gasteiger partial charge in [0, 0.05) is 33.4 Å². The van der Waals surface area contributed by atoms with E-state index >= 15 is 0 Å². The van der Waals surface area contributed by atoms with E-state index in [0.717, 1.165) is 45.8 Å². The molecule has 0 aromatic rings. The van der Waals surface area contributed by atoms with Crippen LogP contribution in [0, 0.1) is 0 Å². The quantitative estimate of drug-likeness (QED) is 0.641. The molecule has 0 aliphatic carbocycles. The highest BCUT2D eigenvalue weighted by molar-refractivity contribution is 4.65. The maximum atomic E-state index is 5.89. The highest BCUT2D eigenvalue weighted by Gasteiger charge is 2.16. The Labute approximate surface area is 92.3 Å². The van der Waals surface area contributed by atoms with Crippen LogP contribution in [0.1, 0.15) is 19.8 Å². The van der Waals surface area contributed by atoms with Crippen LogP contribution in [-0.2, 0) is 14.2 Å². The minimum atomic E-state index is 0.268. The molecular formula is C11H23NO3. The second-order valence-electron chi connectivity index (χ2n) is 3.96. The SMILES string of the molecule is COCCNCC(C)OC1CCOCC1. The monoisotopic (exact) mass is 217 g/mol. The van der Waals surface area contributed by atoms with Gasteiger partial charge in [-0.2, -0.15) is 0 Å². The number of hydrogen-bond acceptors (Lipinski definition) is 4. The Morgan fingerprint density at radius 2 is 2.13 bits per heavy atom. The van der Waals surface area contributed by atoms with Gasteiger partial charge in [-0.25, -0.2) is 0 Å². The summed E-state index contributed by atoms with van der Waals surface area (Å²) in [7, 11) is 1.71. The lowest BCUT2D eigenvalue weighted by molar-refractivity contribution is -0.0614. The Morgan fingerprint density at radius 1 is 1.40 bits per heavy atom. The Morgan fingerprint density at radius 3 is 2.80 bits per heavy atom. The van der Waals surface area contributed by atoms with Gasteiger partial charge in [0.25, 0.3) is 0 Å².